The number of pyridine rings is 1. The zero-order valence-electron chi connectivity index (χ0n) is 10.6. The molecule has 0 aromatic carbocycles. The summed E-state index contributed by atoms with van der Waals surface area (Å²) in [5, 5.41) is 1.00. The van der Waals surface area contributed by atoms with Crippen LogP contribution in [0.15, 0.2) is 6.07 Å². The van der Waals surface area contributed by atoms with Crippen LogP contribution < -0.4 is 16.2 Å². The summed E-state index contributed by atoms with van der Waals surface area (Å²) in [7, 11) is 0. The van der Waals surface area contributed by atoms with E-state index in [1.54, 1.807) is 6.07 Å². The second-order valence-corrected chi connectivity index (χ2v) is 6.23. The normalized spacial score (nSPS) is 18.8. The maximum atomic E-state index is 6.21. The Morgan fingerprint density at radius 1 is 1.28 bits per heavy atom. The van der Waals surface area contributed by atoms with E-state index in [1.165, 1.54) is 0 Å². The van der Waals surface area contributed by atoms with Gasteiger partial charge in [0.2, 0.25) is 0 Å². The van der Waals surface area contributed by atoms with Crippen LogP contribution >= 0.6 is 23.2 Å². The third-order valence-corrected chi connectivity index (χ3v) is 4.03. The predicted molar refractivity (Wildman–Crippen MR) is 77.3 cm³/mol. The van der Waals surface area contributed by atoms with E-state index >= 15 is 0 Å². The number of hydrogen-bond acceptors (Lipinski definition) is 4. The molecule has 4 nitrogen and oxygen atoms in total. The van der Waals surface area contributed by atoms with Gasteiger partial charge in [-0.15, -0.1) is 0 Å². The Balaban J connectivity index is 2.24. The van der Waals surface area contributed by atoms with Gasteiger partial charge in [0.15, 0.2) is 5.82 Å². The molecule has 1 aromatic rings. The van der Waals surface area contributed by atoms with E-state index in [9.17, 15) is 0 Å². The number of anilines is 2. The molecule has 0 atom stereocenters. The second kappa shape index (κ2) is 5.11. The molecule has 100 valence electrons. The van der Waals surface area contributed by atoms with Crippen molar-refractivity contribution in [3.8, 4) is 0 Å². The van der Waals surface area contributed by atoms with Crippen LogP contribution in [0.2, 0.25) is 10.0 Å². The number of rotatable bonds is 2. The molecule has 18 heavy (non-hydrogen) atoms. The van der Waals surface area contributed by atoms with Crippen molar-refractivity contribution in [3.05, 3.63) is 16.1 Å². The lowest BCUT2D eigenvalue weighted by Gasteiger charge is -2.38. The van der Waals surface area contributed by atoms with E-state index in [-0.39, 0.29) is 0 Å². The Bertz CT molecular complexity index is 438. The van der Waals surface area contributed by atoms with Gasteiger partial charge in [-0.3, -0.25) is 0 Å². The van der Waals surface area contributed by atoms with Crippen LogP contribution in [0.25, 0.3) is 0 Å². The summed E-state index contributed by atoms with van der Waals surface area (Å²) in [4.78, 5) is 6.57. The number of halogens is 2. The van der Waals surface area contributed by atoms with E-state index in [0.29, 0.717) is 21.3 Å². The van der Waals surface area contributed by atoms with Crippen LogP contribution in [-0.2, 0) is 0 Å². The van der Waals surface area contributed by atoms with E-state index < -0.39 is 0 Å². The summed E-state index contributed by atoms with van der Waals surface area (Å²) in [5.74, 6) is 6.60. The molecule has 2 heterocycles. The molecule has 0 bridgehead atoms. The van der Waals surface area contributed by atoms with Crippen molar-refractivity contribution in [1.29, 1.82) is 0 Å². The highest BCUT2D eigenvalue weighted by molar-refractivity contribution is 6.37. The van der Waals surface area contributed by atoms with Gasteiger partial charge < -0.3 is 10.3 Å². The lowest BCUT2D eigenvalue weighted by molar-refractivity contribution is 0.279. The molecule has 1 saturated heterocycles. The van der Waals surface area contributed by atoms with Gasteiger partial charge in [-0.2, -0.15) is 0 Å². The van der Waals surface area contributed by atoms with Crippen molar-refractivity contribution in [2.45, 2.75) is 26.7 Å². The summed E-state index contributed by atoms with van der Waals surface area (Å²) < 4.78 is 0. The SMILES string of the molecule is CC1(C)CCN(c2nc(NN)c(Cl)cc2Cl)CC1. The second-order valence-electron chi connectivity index (χ2n) is 5.42. The molecule has 0 spiro atoms. The van der Waals surface area contributed by atoms with Gasteiger partial charge in [0.25, 0.3) is 0 Å². The van der Waals surface area contributed by atoms with E-state index in [4.69, 9.17) is 29.0 Å². The van der Waals surface area contributed by atoms with Crippen LogP contribution in [0.4, 0.5) is 11.6 Å². The molecule has 0 aliphatic carbocycles. The minimum Gasteiger partial charge on any atom is -0.355 e. The van der Waals surface area contributed by atoms with Crippen molar-refractivity contribution in [3.63, 3.8) is 0 Å². The molecule has 2 rings (SSSR count). The molecule has 6 heteroatoms. The van der Waals surface area contributed by atoms with Crippen LogP contribution in [0.5, 0.6) is 0 Å². The lowest BCUT2D eigenvalue weighted by Crippen LogP contribution is -2.38. The quantitative estimate of drug-likeness (QED) is 0.648. The third kappa shape index (κ3) is 2.82. The number of nitrogens with zero attached hydrogens (tertiary/aromatic N) is 2. The fourth-order valence-electron chi connectivity index (χ4n) is 2.10. The first-order valence-corrected chi connectivity index (χ1v) is 6.76. The Kier molecular flexibility index (Phi) is 3.90. The van der Waals surface area contributed by atoms with Crippen molar-refractivity contribution in [2.75, 3.05) is 23.4 Å². The van der Waals surface area contributed by atoms with Crippen LogP contribution in [0, 0.1) is 5.41 Å². The maximum absolute atomic E-state index is 6.21. The average molecular weight is 289 g/mol. The predicted octanol–water partition coefficient (Wildman–Crippen LogP) is 3.30. The fourth-order valence-corrected chi connectivity index (χ4v) is 2.64. The van der Waals surface area contributed by atoms with Crippen molar-refractivity contribution in [2.24, 2.45) is 11.3 Å². The van der Waals surface area contributed by atoms with Gasteiger partial charge in [0.05, 0.1) is 10.0 Å². The van der Waals surface area contributed by atoms with Crippen LogP contribution in [-0.4, -0.2) is 18.1 Å². The molecule has 0 unspecified atom stereocenters. The molecular formula is C12H18Cl2N4. The molecular weight excluding hydrogens is 271 g/mol. The highest BCUT2D eigenvalue weighted by Crippen LogP contribution is 2.36. The maximum Gasteiger partial charge on any atom is 0.161 e. The highest BCUT2D eigenvalue weighted by atomic mass is 35.5. The Morgan fingerprint density at radius 3 is 2.44 bits per heavy atom. The van der Waals surface area contributed by atoms with Gasteiger partial charge in [0.1, 0.15) is 5.82 Å². The monoisotopic (exact) mass is 288 g/mol. The van der Waals surface area contributed by atoms with Gasteiger partial charge in [-0.1, -0.05) is 37.0 Å². The van der Waals surface area contributed by atoms with Crippen molar-refractivity contribution >= 4 is 34.8 Å². The summed E-state index contributed by atoms with van der Waals surface area (Å²) >= 11 is 12.2. The van der Waals surface area contributed by atoms with Gasteiger partial charge >= 0.3 is 0 Å². The standard InChI is InChI=1S/C12H18Cl2N4/c1-12(2)3-5-18(6-4-12)11-9(14)7-8(13)10(16-11)17-15/h7H,3-6,15H2,1-2H3,(H,16,17). The third-order valence-electron chi connectivity index (χ3n) is 3.46. The smallest absolute Gasteiger partial charge is 0.161 e. The number of nitrogen functional groups attached to an aromatic ring is 1. The first kappa shape index (κ1) is 13.7. The fraction of sp³-hybridized carbons (Fsp3) is 0.583. The zero-order valence-corrected chi connectivity index (χ0v) is 12.1. The zero-order chi connectivity index (χ0) is 13.3. The van der Waals surface area contributed by atoms with Crippen molar-refractivity contribution in [1.82, 2.24) is 4.98 Å². The number of hydrazine groups is 1. The minimum atomic E-state index is 0.393. The topological polar surface area (TPSA) is 54.2 Å². The summed E-state index contributed by atoms with van der Waals surface area (Å²) in [6.07, 6.45) is 2.25. The summed E-state index contributed by atoms with van der Waals surface area (Å²) in [6, 6.07) is 1.68. The minimum absolute atomic E-state index is 0.393. The van der Waals surface area contributed by atoms with Gasteiger partial charge in [0, 0.05) is 13.1 Å². The molecule has 0 amide bonds. The highest BCUT2D eigenvalue weighted by Gasteiger charge is 2.27. The molecule has 0 saturated carbocycles. The first-order chi connectivity index (χ1) is 8.43. The van der Waals surface area contributed by atoms with Gasteiger partial charge in [-0.25, -0.2) is 10.8 Å². The Morgan fingerprint density at radius 2 is 1.89 bits per heavy atom. The van der Waals surface area contributed by atoms with E-state index in [1.807, 2.05) is 0 Å². The molecule has 3 N–H and O–H groups in total. The summed E-state index contributed by atoms with van der Waals surface area (Å²) in [5.41, 5.74) is 2.88. The largest absolute Gasteiger partial charge is 0.355 e. The number of nitrogens with two attached hydrogens (primary N) is 1. The summed E-state index contributed by atoms with van der Waals surface area (Å²) in [6.45, 7) is 6.47. The lowest BCUT2D eigenvalue weighted by atomic mass is 9.83. The van der Waals surface area contributed by atoms with Crippen molar-refractivity contribution < 1.29 is 0 Å². The number of piperidine rings is 1. The molecule has 1 aliphatic rings. The van der Waals surface area contributed by atoms with E-state index in [0.717, 1.165) is 31.7 Å². The van der Waals surface area contributed by atoms with E-state index in [2.05, 4.69) is 29.2 Å². The van der Waals surface area contributed by atoms with Gasteiger partial charge in [-0.05, 0) is 24.3 Å². The number of hydrogen-bond donors (Lipinski definition) is 2. The molecule has 0 radical (unpaired) electrons. The number of nitrogens with one attached hydrogen (secondary N) is 1. The molecule has 1 aromatic heterocycles. The Hall–Kier alpha value is -0.710. The molecule has 1 aliphatic heterocycles. The average Bonchev–Trinajstić information content (AvgIpc) is 2.30. The Labute approximate surface area is 117 Å². The molecule has 1 fully saturated rings. The van der Waals surface area contributed by atoms with Crippen LogP contribution in [0.1, 0.15) is 26.7 Å². The van der Waals surface area contributed by atoms with Crippen LogP contribution in [0.3, 0.4) is 0 Å². The number of aromatic nitrogens is 1. The first-order valence-electron chi connectivity index (χ1n) is 6.00.